The van der Waals surface area contributed by atoms with Crippen molar-refractivity contribution in [2.24, 2.45) is 0 Å². The molecule has 0 radical (unpaired) electrons. The van der Waals surface area contributed by atoms with Crippen LogP contribution in [-0.2, 0) is 0 Å². The molecular formula is C23H31NO6. The number of ether oxygens (including phenoxy) is 5. The molecule has 30 heavy (non-hydrogen) atoms. The highest BCUT2D eigenvalue weighted by Crippen LogP contribution is 2.39. The number of benzene rings is 2. The van der Waals surface area contributed by atoms with Crippen LogP contribution >= 0.6 is 0 Å². The van der Waals surface area contributed by atoms with E-state index in [9.17, 15) is 4.79 Å². The molecule has 0 heterocycles. The Hall–Kier alpha value is -3.09. The van der Waals surface area contributed by atoms with Gasteiger partial charge in [0.15, 0.2) is 23.0 Å². The number of amides is 1. The first-order valence-corrected chi connectivity index (χ1v) is 10.1. The van der Waals surface area contributed by atoms with Crippen LogP contribution in [0.1, 0.15) is 49.7 Å². The van der Waals surface area contributed by atoms with E-state index in [4.69, 9.17) is 23.7 Å². The summed E-state index contributed by atoms with van der Waals surface area (Å²) in [4.78, 5) is 13.0. The monoisotopic (exact) mass is 417 g/mol. The Morgan fingerprint density at radius 1 is 0.833 bits per heavy atom. The Morgan fingerprint density at radius 2 is 1.40 bits per heavy atom. The molecule has 164 valence electrons. The van der Waals surface area contributed by atoms with Crippen LogP contribution in [0.2, 0.25) is 0 Å². The molecule has 0 bridgehead atoms. The summed E-state index contributed by atoms with van der Waals surface area (Å²) in [5.74, 6) is 2.46. The van der Waals surface area contributed by atoms with Crippen molar-refractivity contribution in [3.05, 3.63) is 41.5 Å². The quantitative estimate of drug-likeness (QED) is 0.584. The van der Waals surface area contributed by atoms with E-state index in [1.54, 1.807) is 26.4 Å². The van der Waals surface area contributed by atoms with E-state index in [-0.39, 0.29) is 11.9 Å². The van der Waals surface area contributed by atoms with Crippen molar-refractivity contribution in [2.45, 2.75) is 33.7 Å². The standard InChI is InChI=1S/C23H31NO6/c1-7-28-20-13-17(14-21(29-8-2)22(20)30-9-3)23(25)24-15(4)16-10-11-18(26-5)19(12-16)27-6/h10-15H,7-9H2,1-6H3,(H,24,25)/t15-/m0/s1. The molecule has 2 rings (SSSR count). The number of methoxy groups -OCH3 is 2. The normalized spacial score (nSPS) is 11.4. The van der Waals surface area contributed by atoms with Gasteiger partial charge in [0.1, 0.15) is 0 Å². The predicted octanol–water partition coefficient (Wildman–Crippen LogP) is 4.39. The molecule has 2 aromatic rings. The molecule has 0 fully saturated rings. The lowest BCUT2D eigenvalue weighted by Gasteiger charge is -2.19. The fourth-order valence-corrected chi connectivity index (χ4v) is 3.01. The average molecular weight is 418 g/mol. The number of hydrogen-bond donors (Lipinski definition) is 1. The molecule has 7 nitrogen and oxygen atoms in total. The fraction of sp³-hybridized carbons (Fsp3) is 0.435. The number of nitrogens with one attached hydrogen (secondary N) is 1. The zero-order chi connectivity index (χ0) is 22.1. The van der Waals surface area contributed by atoms with Gasteiger partial charge in [-0.15, -0.1) is 0 Å². The first-order chi connectivity index (χ1) is 14.5. The summed E-state index contributed by atoms with van der Waals surface area (Å²) in [6.45, 7) is 8.89. The van der Waals surface area contributed by atoms with Gasteiger partial charge < -0.3 is 29.0 Å². The SMILES string of the molecule is CCOc1cc(C(=O)N[C@@H](C)c2ccc(OC)c(OC)c2)cc(OCC)c1OCC. The zero-order valence-corrected chi connectivity index (χ0v) is 18.5. The van der Waals surface area contributed by atoms with Crippen molar-refractivity contribution < 1.29 is 28.5 Å². The van der Waals surface area contributed by atoms with E-state index in [1.165, 1.54) is 0 Å². The first kappa shape index (κ1) is 23.2. The Labute approximate surface area is 178 Å². The summed E-state index contributed by atoms with van der Waals surface area (Å²) < 4.78 is 27.7. The molecule has 0 aliphatic heterocycles. The Morgan fingerprint density at radius 3 is 1.90 bits per heavy atom. The van der Waals surface area contributed by atoms with E-state index in [2.05, 4.69) is 5.32 Å². The number of carbonyl (C=O) groups is 1. The molecule has 0 aliphatic rings. The minimum atomic E-state index is -0.255. The molecule has 0 saturated heterocycles. The van der Waals surface area contributed by atoms with E-state index in [0.29, 0.717) is 54.1 Å². The van der Waals surface area contributed by atoms with Crippen LogP contribution in [0.5, 0.6) is 28.7 Å². The minimum Gasteiger partial charge on any atom is -0.493 e. The van der Waals surface area contributed by atoms with E-state index in [0.717, 1.165) is 5.56 Å². The Balaban J connectivity index is 2.31. The van der Waals surface area contributed by atoms with Crippen molar-refractivity contribution >= 4 is 5.91 Å². The first-order valence-electron chi connectivity index (χ1n) is 10.1. The molecule has 1 N–H and O–H groups in total. The van der Waals surface area contributed by atoms with Gasteiger partial charge in [-0.25, -0.2) is 0 Å². The maximum absolute atomic E-state index is 13.0. The van der Waals surface area contributed by atoms with Crippen LogP contribution in [0.3, 0.4) is 0 Å². The van der Waals surface area contributed by atoms with Crippen LogP contribution in [0.25, 0.3) is 0 Å². The van der Waals surface area contributed by atoms with E-state index >= 15 is 0 Å². The molecule has 0 unspecified atom stereocenters. The van der Waals surface area contributed by atoms with Gasteiger partial charge in [-0.1, -0.05) is 6.07 Å². The molecule has 1 amide bonds. The summed E-state index contributed by atoms with van der Waals surface area (Å²) in [6, 6.07) is 8.64. The van der Waals surface area contributed by atoms with Crippen LogP contribution in [0, 0.1) is 0 Å². The summed E-state index contributed by atoms with van der Waals surface area (Å²) in [5.41, 5.74) is 1.32. The molecule has 0 aliphatic carbocycles. The highest BCUT2D eigenvalue weighted by Gasteiger charge is 2.20. The van der Waals surface area contributed by atoms with Gasteiger partial charge in [-0.05, 0) is 57.5 Å². The van der Waals surface area contributed by atoms with Crippen molar-refractivity contribution in [1.82, 2.24) is 5.32 Å². The van der Waals surface area contributed by atoms with Crippen molar-refractivity contribution in [3.8, 4) is 28.7 Å². The van der Waals surface area contributed by atoms with E-state index in [1.807, 2.05) is 45.9 Å². The maximum atomic E-state index is 13.0. The van der Waals surface area contributed by atoms with Crippen LogP contribution < -0.4 is 29.0 Å². The van der Waals surface area contributed by atoms with Gasteiger partial charge >= 0.3 is 0 Å². The maximum Gasteiger partial charge on any atom is 0.252 e. The second kappa shape index (κ2) is 11.2. The van der Waals surface area contributed by atoms with Crippen LogP contribution in [0.15, 0.2) is 30.3 Å². The summed E-state index contributed by atoms with van der Waals surface area (Å²) >= 11 is 0. The molecule has 1 atom stereocenters. The Bertz CT molecular complexity index is 825. The largest absolute Gasteiger partial charge is 0.493 e. The minimum absolute atomic E-state index is 0.248. The molecule has 7 heteroatoms. The lowest BCUT2D eigenvalue weighted by Crippen LogP contribution is -2.26. The molecule has 0 saturated carbocycles. The molecule has 0 spiro atoms. The zero-order valence-electron chi connectivity index (χ0n) is 18.5. The number of rotatable bonds is 11. The highest BCUT2D eigenvalue weighted by atomic mass is 16.5. The van der Waals surface area contributed by atoms with Crippen LogP contribution in [0.4, 0.5) is 0 Å². The average Bonchev–Trinajstić information content (AvgIpc) is 2.75. The molecular weight excluding hydrogens is 386 g/mol. The number of hydrogen-bond acceptors (Lipinski definition) is 6. The number of carbonyl (C=O) groups excluding carboxylic acids is 1. The molecule has 2 aromatic carbocycles. The second-order valence-electron chi connectivity index (χ2n) is 6.41. The fourth-order valence-electron chi connectivity index (χ4n) is 3.01. The van der Waals surface area contributed by atoms with Gasteiger partial charge in [-0.3, -0.25) is 4.79 Å². The Kier molecular flexibility index (Phi) is 8.65. The van der Waals surface area contributed by atoms with Gasteiger partial charge in [0, 0.05) is 5.56 Å². The summed E-state index contributed by atoms with van der Waals surface area (Å²) in [7, 11) is 3.16. The van der Waals surface area contributed by atoms with E-state index < -0.39 is 0 Å². The van der Waals surface area contributed by atoms with Crippen molar-refractivity contribution in [2.75, 3.05) is 34.0 Å². The smallest absolute Gasteiger partial charge is 0.252 e. The summed E-state index contributed by atoms with van der Waals surface area (Å²) in [5, 5.41) is 3.00. The van der Waals surface area contributed by atoms with Gasteiger partial charge in [0.25, 0.3) is 5.91 Å². The lowest BCUT2D eigenvalue weighted by molar-refractivity contribution is 0.0938. The third-order valence-electron chi connectivity index (χ3n) is 4.43. The van der Waals surface area contributed by atoms with Gasteiger partial charge in [0.2, 0.25) is 5.75 Å². The van der Waals surface area contributed by atoms with Crippen molar-refractivity contribution in [1.29, 1.82) is 0 Å². The topological polar surface area (TPSA) is 75.3 Å². The predicted molar refractivity (Wildman–Crippen MR) is 115 cm³/mol. The highest BCUT2D eigenvalue weighted by molar-refractivity contribution is 5.96. The lowest BCUT2D eigenvalue weighted by atomic mass is 10.1. The second-order valence-corrected chi connectivity index (χ2v) is 6.41. The van der Waals surface area contributed by atoms with Gasteiger partial charge in [0.05, 0.1) is 40.1 Å². The molecule has 0 aromatic heterocycles. The summed E-state index contributed by atoms with van der Waals surface area (Å²) in [6.07, 6.45) is 0. The van der Waals surface area contributed by atoms with Crippen molar-refractivity contribution in [3.63, 3.8) is 0 Å². The van der Waals surface area contributed by atoms with Gasteiger partial charge in [-0.2, -0.15) is 0 Å². The third kappa shape index (κ3) is 5.49. The third-order valence-corrected chi connectivity index (χ3v) is 4.43. The van der Waals surface area contributed by atoms with Crippen LogP contribution in [-0.4, -0.2) is 39.9 Å².